The fourth-order valence-corrected chi connectivity index (χ4v) is 1.84. The van der Waals surface area contributed by atoms with E-state index < -0.39 is 0 Å². The van der Waals surface area contributed by atoms with E-state index in [1.165, 1.54) is 0 Å². The maximum absolute atomic E-state index is 8.97. The van der Waals surface area contributed by atoms with Crippen molar-refractivity contribution in [2.45, 2.75) is 46.1 Å². The van der Waals surface area contributed by atoms with E-state index in [1.54, 1.807) is 0 Å². The lowest BCUT2D eigenvalue weighted by Gasteiger charge is -2.07. The van der Waals surface area contributed by atoms with Crippen molar-refractivity contribution in [2.75, 3.05) is 0 Å². The molecule has 0 aliphatic rings. The van der Waals surface area contributed by atoms with Crippen LogP contribution in [0.15, 0.2) is 35.5 Å². The van der Waals surface area contributed by atoms with Crippen molar-refractivity contribution in [1.29, 1.82) is 5.26 Å². The largest absolute Gasteiger partial charge is 0.391 e. The highest BCUT2D eigenvalue weighted by molar-refractivity contribution is 5.81. The van der Waals surface area contributed by atoms with Gasteiger partial charge in [-0.15, -0.1) is 0 Å². The summed E-state index contributed by atoms with van der Waals surface area (Å²) in [7, 11) is 0. The van der Waals surface area contributed by atoms with Crippen LogP contribution >= 0.6 is 0 Å². The van der Waals surface area contributed by atoms with Crippen molar-refractivity contribution >= 4 is 5.71 Å². The summed E-state index contributed by atoms with van der Waals surface area (Å²) in [5.74, 6) is 0.143. The third kappa shape index (κ3) is 6.61. The van der Waals surface area contributed by atoms with E-state index >= 15 is 0 Å². The van der Waals surface area contributed by atoms with E-state index in [9.17, 15) is 0 Å². The Kier molecular flexibility index (Phi) is 7.34. The second-order valence-electron chi connectivity index (χ2n) is 4.74. The number of rotatable bonds is 8. The van der Waals surface area contributed by atoms with E-state index in [0.29, 0.717) is 6.61 Å². The standard InChI is InChI=1S/C16H22N2O/c1-3-7-15(12-17)11-10-14(2)18-19-13-16-8-5-4-6-9-16/h4-6,8-9,15H,3,7,10-11,13H2,1-2H3/b18-14+. The minimum atomic E-state index is 0.143. The van der Waals surface area contributed by atoms with Crippen LogP contribution in [0.5, 0.6) is 0 Å². The Morgan fingerprint density at radius 1 is 1.32 bits per heavy atom. The fraction of sp³-hybridized carbons (Fsp3) is 0.500. The van der Waals surface area contributed by atoms with Crippen molar-refractivity contribution in [3.63, 3.8) is 0 Å². The summed E-state index contributed by atoms with van der Waals surface area (Å²) in [5, 5.41) is 13.1. The maximum atomic E-state index is 8.97. The summed E-state index contributed by atoms with van der Waals surface area (Å²) in [4.78, 5) is 5.31. The van der Waals surface area contributed by atoms with Crippen molar-refractivity contribution in [3.8, 4) is 6.07 Å². The van der Waals surface area contributed by atoms with E-state index in [-0.39, 0.29) is 5.92 Å². The number of oxime groups is 1. The normalized spacial score (nSPS) is 12.8. The average Bonchev–Trinajstić information content (AvgIpc) is 2.44. The van der Waals surface area contributed by atoms with Crippen molar-refractivity contribution in [1.82, 2.24) is 0 Å². The lowest BCUT2D eigenvalue weighted by atomic mass is 9.98. The molecule has 0 aliphatic carbocycles. The van der Waals surface area contributed by atoms with E-state index in [4.69, 9.17) is 10.1 Å². The summed E-state index contributed by atoms with van der Waals surface area (Å²) < 4.78 is 0. The molecule has 19 heavy (non-hydrogen) atoms. The highest BCUT2D eigenvalue weighted by atomic mass is 16.6. The van der Waals surface area contributed by atoms with Crippen molar-refractivity contribution < 1.29 is 4.84 Å². The van der Waals surface area contributed by atoms with Crippen molar-refractivity contribution in [2.24, 2.45) is 11.1 Å². The predicted molar refractivity (Wildman–Crippen MR) is 77.6 cm³/mol. The van der Waals surface area contributed by atoms with Crippen LogP contribution in [-0.2, 0) is 11.4 Å². The van der Waals surface area contributed by atoms with Gasteiger partial charge in [-0.1, -0.05) is 48.8 Å². The molecule has 1 rings (SSSR count). The molecule has 0 bridgehead atoms. The summed E-state index contributed by atoms with van der Waals surface area (Å²) in [5.41, 5.74) is 2.06. The molecule has 0 heterocycles. The first-order valence-electron chi connectivity index (χ1n) is 6.85. The Morgan fingerprint density at radius 3 is 2.68 bits per heavy atom. The quantitative estimate of drug-likeness (QED) is 0.515. The first-order valence-corrected chi connectivity index (χ1v) is 6.85. The molecule has 0 radical (unpaired) electrons. The summed E-state index contributed by atoms with van der Waals surface area (Å²) in [6.07, 6.45) is 3.72. The smallest absolute Gasteiger partial charge is 0.142 e. The monoisotopic (exact) mass is 258 g/mol. The number of nitrogens with zero attached hydrogens (tertiary/aromatic N) is 2. The number of benzene rings is 1. The number of hydrogen-bond donors (Lipinski definition) is 0. The van der Waals surface area contributed by atoms with Crippen LogP contribution < -0.4 is 0 Å². The topological polar surface area (TPSA) is 45.4 Å². The molecule has 1 atom stereocenters. The zero-order chi connectivity index (χ0) is 13.9. The van der Waals surface area contributed by atoms with Gasteiger partial charge in [0.25, 0.3) is 0 Å². The van der Waals surface area contributed by atoms with E-state index in [2.05, 4.69) is 18.1 Å². The van der Waals surface area contributed by atoms with E-state index in [0.717, 1.165) is 37.0 Å². The van der Waals surface area contributed by atoms with Gasteiger partial charge in [0, 0.05) is 5.92 Å². The molecule has 1 aromatic carbocycles. The van der Waals surface area contributed by atoms with Gasteiger partial charge in [-0.25, -0.2) is 0 Å². The van der Waals surface area contributed by atoms with Crippen LogP contribution in [-0.4, -0.2) is 5.71 Å². The van der Waals surface area contributed by atoms with Crippen LogP contribution in [0.3, 0.4) is 0 Å². The molecule has 0 fully saturated rings. The highest BCUT2D eigenvalue weighted by Gasteiger charge is 2.06. The van der Waals surface area contributed by atoms with Crippen LogP contribution in [0.1, 0.15) is 45.1 Å². The summed E-state index contributed by atoms with van der Waals surface area (Å²) in [6.45, 7) is 4.55. The van der Waals surface area contributed by atoms with Gasteiger partial charge >= 0.3 is 0 Å². The molecule has 3 nitrogen and oxygen atoms in total. The first kappa shape index (κ1) is 15.2. The molecular weight excluding hydrogens is 236 g/mol. The lowest BCUT2D eigenvalue weighted by molar-refractivity contribution is 0.129. The van der Waals surface area contributed by atoms with Crippen LogP contribution in [0.4, 0.5) is 0 Å². The zero-order valence-corrected chi connectivity index (χ0v) is 11.8. The first-order chi connectivity index (χ1) is 9.26. The Balaban J connectivity index is 2.27. The third-order valence-electron chi connectivity index (χ3n) is 2.97. The molecule has 3 heteroatoms. The van der Waals surface area contributed by atoms with Gasteiger partial charge in [-0.05, 0) is 31.7 Å². The molecule has 0 saturated carbocycles. The summed E-state index contributed by atoms with van der Waals surface area (Å²) in [6, 6.07) is 12.3. The van der Waals surface area contributed by atoms with E-state index in [1.807, 2.05) is 37.3 Å². The zero-order valence-electron chi connectivity index (χ0n) is 11.8. The minimum absolute atomic E-state index is 0.143. The van der Waals surface area contributed by atoms with Gasteiger partial charge in [0.2, 0.25) is 0 Å². The van der Waals surface area contributed by atoms with Gasteiger partial charge < -0.3 is 4.84 Å². The Morgan fingerprint density at radius 2 is 2.05 bits per heavy atom. The average molecular weight is 258 g/mol. The Labute approximate surface area is 115 Å². The number of nitriles is 1. The predicted octanol–water partition coefficient (Wildman–Crippen LogP) is 4.30. The Bertz CT molecular complexity index is 420. The molecular formula is C16H22N2O. The molecule has 0 spiro atoms. The van der Waals surface area contributed by atoms with Crippen molar-refractivity contribution in [3.05, 3.63) is 35.9 Å². The van der Waals surface area contributed by atoms with Crippen LogP contribution in [0.2, 0.25) is 0 Å². The summed E-state index contributed by atoms with van der Waals surface area (Å²) >= 11 is 0. The molecule has 0 amide bonds. The lowest BCUT2D eigenvalue weighted by Crippen LogP contribution is -2.01. The molecule has 0 aliphatic heterocycles. The van der Waals surface area contributed by atoms with Gasteiger partial charge in [0.1, 0.15) is 6.61 Å². The van der Waals surface area contributed by atoms with Gasteiger partial charge in [0.05, 0.1) is 11.8 Å². The molecule has 1 unspecified atom stereocenters. The van der Waals surface area contributed by atoms with Crippen LogP contribution in [0, 0.1) is 17.2 Å². The third-order valence-corrected chi connectivity index (χ3v) is 2.97. The molecule has 0 N–H and O–H groups in total. The Hall–Kier alpha value is -1.82. The highest BCUT2D eigenvalue weighted by Crippen LogP contribution is 2.13. The van der Waals surface area contributed by atoms with Gasteiger partial charge in [0.15, 0.2) is 0 Å². The molecule has 102 valence electrons. The maximum Gasteiger partial charge on any atom is 0.142 e. The number of hydrogen-bond acceptors (Lipinski definition) is 3. The molecule has 0 aromatic heterocycles. The van der Waals surface area contributed by atoms with Crippen LogP contribution in [0.25, 0.3) is 0 Å². The molecule has 0 saturated heterocycles. The fourth-order valence-electron chi connectivity index (χ4n) is 1.84. The van der Waals surface area contributed by atoms with Gasteiger partial charge in [-0.2, -0.15) is 5.26 Å². The minimum Gasteiger partial charge on any atom is -0.391 e. The SMILES string of the molecule is CCCC(C#N)CC/C(C)=N/OCc1ccccc1. The van der Waals surface area contributed by atoms with Gasteiger partial charge in [-0.3, -0.25) is 0 Å². The second kappa shape index (κ2) is 9.16. The molecule has 1 aromatic rings. The second-order valence-corrected chi connectivity index (χ2v) is 4.74.